The normalized spacial score (nSPS) is 38.0. The Morgan fingerprint density at radius 1 is 1.20 bits per heavy atom. The number of piperidine rings is 1. The Labute approximate surface area is 243 Å². The van der Waals surface area contributed by atoms with E-state index in [2.05, 4.69) is 32.9 Å². The number of likely N-dealkylation sites (tertiary alicyclic amines) is 1. The van der Waals surface area contributed by atoms with E-state index in [4.69, 9.17) is 5.73 Å². The van der Waals surface area contributed by atoms with Crippen molar-refractivity contribution in [2.45, 2.75) is 76.7 Å². The average Bonchev–Trinajstić information content (AvgIpc) is 3.43. The van der Waals surface area contributed by atoms with Crippen LogP contribution in [-0.4, -0.2) is 129 Å². The molecule has 9 atom stereocenters. The molecule has 4 aliphatic rings. The molecule has 0 aromatic heterocycles. The molecule has 5 N–H and O–H groups in total. The van der Waals surface area contributed by atoms with E-state index >= 15 is 4.39 Å². The lowest BCUT2D eigenvalue weighted by molar-refractivity contribution is -0.137. The van der Waals surface area contributed by atoms with E-state index < -0.39 is 42.6 Å². The number of carbonyl (C=O) groups is 2. The average molecular weight is 581 g/mol. The summed E-state index contributed by atoms with van der Waals surface area (Å²) in [6.07, 6.45) is 1.55. The van der Waals surface area contributed by atoms with Crippen molar-refractivity contribution in [3.63, 3.8) is 0 Å². The van der Waals surface area contributed by atoms with E-state index in [1.165, 1.54) is 6.21 Å². The Morgan fingerprint density at radius 3 is 2.63 bits per heavy atom. The van der Waals surface area contributed by atoms with Crippen molar-refractivity contribution in [2.24, 2.45) is 28.5 Å². The summed E-state index contributed by atoms with van der Waals surface area (Å²) >= 11 is 0. The van der Waals surface area contributed by atoms with Crippen molar-refractivity contribution < 1.29 is 18.4 Å². The van der Waals surface area contributed by atoms with E-state index in [1.54, 1.807) is 13.0 Å². The van der Waals surface area contributed by atoms with Gasteiger partial charge in [0.1, 0.15) is 12.3 Å². The topological polar surface area (TPSA) is 118 Å². The third kappa shape index (κ3) is 7.82. The predicted molar refractivity (Wildman–Crippen MR) is 157 cm³/mol. The molecule has 0 aliphatic carbocycles. The Kier molecular flexibility index (Phi) is 11.1. The van der Waals surface area contributed by atoms with Crippen LogP contribution in [0.4, 0.5) is 8.78 Å². The molecule has 0 aromatic carbocycles. The van der Waals surface area contributed by atoms with E-state index in [9.17, 15) is 14.0 Å². The van der Waals surface area contributed by atoms with Gasteiger partial charge in [-0.2, -0.15) is 0 Å². The fourth-order valence-electron chi connectivity index (χ4n) is 6.52. The number of rotatable bonds is 6. The van der Waals surface area contributed by atoms with Crippen LogP contribution in [0.15, 0.2) is 16.8 Å². The Balaban J connectivity index is 1.46. The summed E-state index contributed by atoms with van der Waals surface area (Å²) in [5, 5.41) is 9.46. The molecule has 0 bridgehead atoms. The molecule has 3 saturated heterocycles. The van der Waals surface area contributed by atoms with Gasteiger partial charge in [0.25, 0.3) is 0 Å². The number of likely N-dealkylation sites (N-methyl/N-ethyl adjacent to an activating group) is 1. The van der Waals surface area contributed by atoms with Crippen molar-refractivity contribution in [3.05, 3.63) is 11.8 Å². The summed E-state index contributed by atoms with van der Waals surface area (Å²) in [5.41, 5.74) is 7.39. The lowest BCUT2D eigenvalue weighted by Gasteiger charge is -2.42. The quantitative estimate of drug-likeness (QED) is 0.362. The lowest BCUT2D eigenvalue weighted by atomic mass is 9.92. The summed E-state index contributed by atoms with van der Waals surface area (Å²) < 4.78 is 30.0. The maximum absolute atomic E-state index is 15.5. The minimum absolute atomic E-state index is 0.125. The molecule has 4 heterocycles. The maximum atomic E-state index is 15.5. The number of alkyl halides is 2. The Bertz CT molecular complexity index is 959. The second kappa shape index (κ2) is 14.3. The first-order valence-corrected chi connectivity index (χ1v) is 15.3. The number of aliphatic imine (C=N–C) groups is 1. The second-order valence-corrected chi connectivity index (χ2v) is 12.3. The van der Waals surface area contributed by atoms with Gasteiger partial charge in [-0.25, -0.2) is 8.78 Å². The zero-order valence-corrected chi connectivity index (χ0v) is 25.1. The van der Waals surface area contributed by atoms with Crippen molar-refractivity contribution in [1.82, 2.24) is 30.7 Å². The lowest BCUT2D eigenvalue weighted by Crippen LogP contribution is -2.66. The van der Waals surface area contributed by atoms with Crippen molar-refractivity contribution in [1.29, 1.82) is 0 Å². The van der Waals surface area contributed by atoms with Gasteiger partial charge in [-0.15, -0.1) is 0 Å². The Hall–Kier alpha value is -2.15. The predicted octanol–water partition coefficient (Wildman–Crippen LogP) is 0.499. The van der Waals surface area contributed by atoms with E-state index in [-0.39, 0.29) is 36.6 Å². The van der Waals surface area contributed by atoms with Crippen LogP contribution in [0.25, 0.3) is 0 Å². The maximum Gasteiger partial charge on any atom is 0.229 e. The van der Waals surface area contributed by atoms with Crippen LogP contribution < -0.4 is 21.7 Å². The van der Waals surface area contributed by atoms with Crippen molar-refractivity contribution in [2.75, 3.05) is 59.4 Å². The van der Waals surface area contributed by atoms with Gasteiger partial charge in [-0.1, -0.05) is 19.9 Å². The standard InChI is InChI=1S/C29H50F2N8O2/c1-5-18(2)23-7-6-21(30)14-34-19(3)25(27(32)35-23)28(40)36-24-16-33-15-22(31)26(24)39-9-8-20(17-39)29(41)38-12-10-37(4)11-13-38/h7,14,18-22,24-27,33,35H,5-6,8-13,15-17,32H2,1-4H3,(H,36,40)/b23-7-,34-14?. The first-order valence-electron chi connectivity index (χ1n) is 15.3. The molecular weight excluding hydrogens is 530 g/mol. The van der Waals surface area contributed by atoms with Gasteiger partial charge in [0.2, 0.25) is 11.8 Å². The summed E-state index contributed by atoms with van der Waals surface area (Å²) in [6.45, 7) is 10.7. The molecule has 4 rings (SSSR count). The van der Waals surface area contributed by atoms with Crippen molar-refractivity contribution >= 4 is 18.0 Å². The number of piperazine rings is 1. The zero-order chi connectivity index (χ0) is 29.7. The molecule has 0 saturated carbocycles. The number of halogens is 2. The third-order valence-corrected chi connectivity index (χ3v) is 9.35. The van der Waals surface area contributed by atoms with Gasteiger partial charge >= 0.3 is 0 Å². The SMILES string of the molecule is CCC(C)/C1=C/CC(F)C=NC(C)C(C(=O)NC2CNCC(F)C2N2CCC(C(=O)N3CCN(C)CC3)C2)C(N)N1. The van der Waals surface area contributed by atoms with E-state index in [0.29, 0.717) is 26.1 Å². The summed E-state index contributed by atoms with van der Waals surface area (Å²) in [5.74, 6) is -1.03. The van der Waals surface area contributed by atoms with Gasteiger partial charge in [0, 0.05) is 64.1 Å². The molecule has 0 spiro atoms. The highest BCUT2D eigenvalue weighted by Crippen LogP contribution is 2.27. The fourth-order valence-corrected chi connectivity index (χ4v) is 6.52. The van der Waals surface area contributed by atoms with Crippen LogP contribution >= 0.6 is 0 Å². The van der Waals surface area contributed by atoms with Gasteiger partial charge < -0.3 is 31.5 Å². The highest BCUT2D eigenvalue weighted by molar-refractivity contribution is 5.81. The summed E-state index contributed by atoms with van der Waals surface area (Å²) in [6, 6.07) is -1.65. The summed E-state index contributed by atoms with van der Waals surface area (Å²) in [7, 11) is 2.06. The molecule has 10 nitrogen and oxygen atoms in total. The molecule has 12 heteroatoms. The number of nitrogens with two attached hydrogens (primary N) is 1. The van der Waals surface area contributed by atoms with E-state index in [0.717, 1.165) is 38.3 Å². The minimum Gasteiger partial charge on any atom is -0.373 e. The van der Waals surface area contributed by atoms with Gasteiger partial charge in [-0.3, -0.25) is 19.5 Å². The molecule has 2 amide bonds. The van der Waals surface area contributed by atoms with Crippen LogP contribution in [0.3, 0.4) is 0 Å². The molecule has 41 heavy (non-hydrogen) atoms. The van der Waals surface area contributed by atoms with Gasteiger partial charge in [-0.05, 0) is 39.3 Å². The third-order valence-electron chi connectivity index (χ3n) is 9.35. The monoisotopic (exact) mass is 580 g/mol. The van der Waals surface area contributed by atoms with Crippen molar-refractivity contribution in [3.8, 4) is 0 Å². The van der Waals surface area contributed by atoms with Gasteiger partial charge in [0.15, 0.2) is 0 Å². The number of amides is 2. The fraction of sp³-hybridized carbons (Fsp3) is 0.828. The molecular formula is C29H50F2N8O2. The Morgan fingerprint density at radius 2 is 1.93 bits per heavy atom. The molecule has 9 unspecified atom stereocenters. The number of nitrogens with zero attached hydrogens (tertiary/aromatic N) is 4. The zero-order valence-electron chi connectivity index (χ0n) is 25.1. The number of nitrogens with one attached hydrogen (secondary N) is 3. The van der Waals surface area contributed by atoms with Crippen LogP contribution in [0.2, 0.25) is 0 Å². The van der Waals surface area contributed by atoms with Crippen LogP contribution in [-0.2, 0) is 9.59 Å². The molecule has 232 valence electrons. The highest BCUT2D eigenvalue weighted by atomic mass is 19.1. The highest BCUT2D eigenvalue weighted by Gasteiger charge is 2.44. The van der Waals surface area contributed by atoms with Crippen LogP contribution in [0.5, 0.6) is 0 Å². The molecule has 0 radical (unpaired) electrons. The minimum atomic E-state index is -1.26. The first kappa shape index (κ1) is 31.8. The number of carbonyl (C=O) groups excluding carboxylic acids is 2. The molecule has 3 fully saturated rings. The molecule has 0 aromatic rings. The summed E-state index contributed by atoms with van der Waals surface area (Å²) in [4.78, 5) is 37.6. The number of allylic oxidation sites excluding steroid dienone is 2. The van der Waals surface area contributed by atoms with Gasteiger partial charge in [0.05, 0.1) is 36.1 Å². The number of hydrogen-bond donors (Lipinski definition) is 4. The van der Waals surface area contributed by atoms with Crippen LogP contribution in [0.1, 0.15) is 40.0 Å². The smallest absolute Gasteiger partial charge is 0.229 e. The van der Waals surface area contributed by atoms with E-state index in [1.807, 2.05) is 23.6 Å². The first-order chi connectivity index (χ1) is 19.6. The number of hydrogen-bond acceptors (Lipinski definition) is 8. The van der Waals surface area contributed by atoms with Crippen LogP contribution in [0, 0.1) is 17.8 Å². The largest absolute Gasteiger partial charge is 0.373 e. The second-order valence-electron chi connectivity index (χ2n) is 12.3. The molecule has 4 aliphatic heterocycles.